The largest absolute Gasteiger partial charge is 0.465 e. The summed E-state index contributed by atoms with van der Waals surface area (Å²) in [6, 6.07) is 0. The number of carbonyl (C=O) groups excluding carboxylic acids is 1. The smallest absolute Gasteiger partial charge is 0.305 e. The maximum atomic E-state index is 11.8. The van der Waals surface area contributed by atoms with Crippen molar-refractivity contribution in [1.82, 2.24) is 0 Å². The standard InChI is InChI=1S/C18H32O2/c1-2-3-4-5-6-7-8-17(19)20-15-18-12-9-16(10-13-18)11-14-18/h16H,2-15H2,1H3. The van der Waals surface area contributed by atoms with Crippen molar-refractivity contribution in [2.45, 2.75) is 90.4 Å². The SMILES string of the molecule is CCCCCCCCC(=O)OCC12CCC(CC1)CC2. The van der Waals surface area contributed by atoms with Gasteiger partial charge in [0.15, 0.2) is 0 Å². The van der Waals surface area contributed by atoms with Crippen LogP contribution in [0.2, 0.25) is 0 Å². The van der Waals surface area contributed by atoms with Gasteiger partial charge < -0.3 is 4.74 Å². The summed E-state index contributed by atoms with van der Waals surface area (Å²) in [5.41, 5.74) is 0.367. The van der Waals surface area contributed by atoms with Crippen LogP contribution < -0.4 is 0 Å². The first kappa shape index (κ1) is 15.9. The lowest BCUT2D eigenvalue weighted by Gasteiger charge is -2.46. The number of unbranched alkanes of at least 4 members (excludes halogenated alkanes) is 5. The maximum absolute atomic E-state index is 11.8. The first-order chi connectivity index (χ1) is 9.74. The Labute approximate surface area is 124 Å². The lowest BCUT2D eigenvalue weighted by molar-refractivity contribution is -0.150. The van der Waals surface area contributed by atoms with Crippen LogP contribution in [-0.4, -0.2) is 12.6 Å². The molecule has 3 aliphatic carbocycles. The van der Waals surface area contributed by atoms with Gasteiger partial charge in [-0.3, -0.25) is 4.79 Å². The number of rotatable bonds is 9. The van der Waals surface area contributed by atoms with Gasteiger partial charge in [0, 0.05) is 11.8 Å². The monoisotopic (exact) mass is 280 g/mol. The fourth-order valence-electron chi connectivity index (χ4n) is 3.91. The minimum Gasteiger partial charge on any atom is -0.465 e. The molecule has 116 valence electrons. The molecular weight excluding hydrogens is 248 g/mol. The van der Waals surface area contributed by atoms with Crippen molar-refractivity contribution in [3.63, 3.8) is 0 Å². The van der Waals surface area contributed by atoms with E-state index in [-0.39, 0.29) is 5.97 Å². The van der Waals surface area contributed by atoms with Crippen LogP contribution >= 0.6 is 0 Å². The molecule has 0 aromatic rings. The van der Waals surface area contributed by atoms with E-state index in [9.17, 15) is 4.79 Å². The van der Waals surface area contributed by atoms with Crippen molar-refractivity contribution in [2.24, 2.45) is 11.3 Å². The predicted molar refractivity (Wildman–Crippen MR) is 82.6 cm³/mol. The van der Waals surface area contributed by atoms with Gasteiger partial charge in [-0.25, -0.2) is 0 Å². The molecule has 0 saturated heterocycles. The number of ether oxygens (including phenoxy) is 1. The number of hydrogen-bond donors (Lipinski definition) is 0. The van der Waals surface area contributed by atoms with Crippen LogP contribution in [0.5, 0.6) is 0 Å². The Morgan fingerprint density at radius 2 is 1.60 bits per heavy atom. The summed E-state index contributed by atoms with van der Waals surface area (Å²) in [5, 5.41) is 0. The predicted octanol–water partition coefficient (Wildman–Crippen LogP) is 5.25. The van der Waals surface area contributed by atoms with Crippen LogP contribution in [0.3, 0.4) is 0 Å². The van der Waals surface area contributed by atoms with Crippen molar-refractivity contribution in [3.05, 3.63) is 0 Å². The lowest BCUT2D eigenvalue weighted by Crippen LogP contribution is -2.38. The highest BCUT2D eigenvalue weighted by Crippen LogP contribution is 2.50. The van der Waals surface area contributed by atoms with Crippen LogP contribution in [0.1, 0.15) is 90.4 Å². The Morgan fingerprint density at radius 3 is 2.25 bits per heavy atom. The van der Waals surface area contributed by atoms with E-state index in [1.54, 1.807) is 0 Å². The maximum Gasteiger partial charge on any atom is 0.305 e. The summed E-state index contributed by atoms with van der Waals surface area (Å²) in [6.45, 7) is 2.93. The van der Waals surface area contributed by atoms with E-state index >= 15 is 0 Å². The lowest BCUT2D eigenvalue weighted by atomic mass is 9.61. The fraction of sp³-hybridized carbons (Fsp3) is 0.944. The molecule has 0 unspecified atom stereocenters. The van der Waals surface area contributed by atoms with Crippen molar-refractivity contribution >= 4 is 5.97 Å². The third-order valence-corrected chi connectivity index (χ3v) is 5.52. The van der Waals surface area contributed by atoms with Crippen molar-refractivity contribution < 1.29 is 9.53 Å². The first-order valence-electron chi connectivity index (χ1n) is 8.90. The Balaban J connectivity index is 1.53. The van der Waals surface area contributed by atoms with Crippen molar-refractivity contribution in [1.29, 1.82) is 0 Å². The second-order valence-corrected chi connectivity index (χ2v) is 7.16. The van der Waals surface area contributed by atoms with E-state index in [0.717, 1.165) is 12.3 Å². The Hall–Kier alpha value is -0.530. The fourth-order valence-corrected chi connectivity index (χ4v) is 3.91. The van der Waals surface area contributed by atoms with Gasteiger partial charge in [0.2, 0.25) is 0 Å². The van der Waals surface area contributed by atoms with Gasteiger partial charge in [0.25, 0.3) is 0 Å². The number of esters is 1. The summed E-state index contributed by atoms with van der Waals surface area (Å²) in [7, 11) is 0. The van der Waals surface area contributed by atoms with Crippen LogP contribution in [0.4, 0.5) is 0 Å². The molecule has 0 spiro atoms. The molecule has 0 radical (unpaired) electrons. The minimum absolute atomic E-state index is 0.0440. The Kier molecular flexibility index (Phi) is 6.38. The van der Waals surface area contributed by atoms with Gasteiger partial charge in [-0.1, -0.05) is 39.0 Å². The number of carbonyl (C=O) groups is 1. The zero-order valence-electron chi connectivity index (χ0n) is 13.3. The van der Waals surface area contributed by atoms with Gasteiger partial charge in [0.1, 0.15) is 0 Å². The van der Waals surface area contributed by atoms with Crippen LogP contribution in [0.25, 0.3) is 0 Å². The Bertz CT molecular complexity index is 276. The van der Waals surface area contributed by atoms with E-state index in [2.05, 4.69) is 6.92 Å². The number of fused-ring (bicyclic) bond motifs is 3. The van der Waals surface area contributed by atoms with Crippen LogP contribution in [-0.2, 0) is 9.53 Å². The summed E-state index contributed by atoms with van der Waals surface area (Å²) in [4.78, 5) is 11.8. The molecule has 3 fully saturated rings. The molecule has 2 bridgehead atoms. The second-order valence-electron chi connectivity index (χ2n) is 7.16. The van der Waals surface area contributed by atoms with Crippen molar-refractivity contribution in [2.75, 3.05) is 6.61 Å². The highest BCUT2D eigenvalue weighted by Gasteiger charge is 2.41. The zero-order chi connectivity index (χ0) is 14.3. The van der Waals surface area contributed by atoms with Crippen LogP contribution in [0, 0.1) is 11.3 Å². The highest BCUT2D eigenvalue weighted by atomic mass is 16.5. The Morgan fingerprint density at radius 1 is 1.00 bits per heavy atom. The van der Waals surface area contributed by atoms with Gasteiger partial charge >= 0.3 is 5.97 Å². The van der Waals surface area contributed by atoms with Crippen molar-refractivity contribution in [3.8, 4) is 0 Å². The van der Waals surface area contributed by atoms with Gasteiger partial charge in [-0.05, 0) is 50.9 Å². The molecule has 0 amide bonds. The summed E-state index contributed by atoms with van der Waals surface area (Å²) in [5.74, 6) is 1.03. The first-order valence-corrected chi connectivity index (χ1v) is 8.90. The molecule has 0 atom stereocenters. The highest BCUT2D eigenvalue weighted by molar-refractivity contribution is 5.69. The van der Waals surface area contributed by atoms with E-state index < -0.39 is 0 Å². The van der Waals surface area contributed by atoms with Gasteiger partial charge in [-0.15, -0.1) is 0 Å². The van der Waals surface area contributed by atoms with E-state index in [0.29, 0.717) is 18.4 Å². The number of hydrogen-bond acceptors (Lipinski definition) is 2. The molecule has 20 heavy (non-hydrogen) atoms. The molecule has 3 rings (SSSR count). The third-order valence-electron chi connectivity index (χ3n) is 5.52. The van der Waals surface area contributed by atoms with Gasteiger partial charge in [0.05, 0.1) is 6.61 Å². The van der Waals surface area contributed by atoms with Crippen LogP contribution in [0.15, 0.2) is 0 Å². The molecule has 2 nitrogen and oxygen atoms in total. The molecule has 0 aliphatic heterocycles. The van der Waals surface area contributed by atoms with E-state index in [1.165, 1.54) is 70.6 Å². The summed E-state index contributed by atoms with van der Waals surface area (Å²) < 4.78 is 5.59. The second kappa shape index (κ2) is 8.05. The molecule has 0 aromatic heterocycles. The average Bonchev–Trinajstić information content (AvgIpc) is 2.51. The summed E-state index contributed by atoms with van der Waals surface area (Å²) in [6.07, 6.45) is 16.0. The zero-order valence-corrected chi connectivity index (χ0v) is 13.3. The molecular formula is C18H32O2. The third kappa shape index (κ3) is 4.79. The molecule has 0 heterocycles. The average molecular weight is 280 g/mol. The molecule has 0 N–H and O–H groups in total. The minimum atomic E-state index is 0.0440. The van der Waals surface area contributed by atoms with Gasteiger partial charge in [-0.2, -0.15) is 0 Å². The molecule has 2 heteroatoms. The quantitative estimate of drug-likeness (QED) is 0.426. The van der Waals surface area contributed by atoms with E-state index in [4.69, 9.17) is 4.74 Å². The molecule has 3 aliphatic rings. The molecule has 3 saturated carbocycles. The van der Waals surface area contributed by atoms with E-state index in [1.807, 2.05) is 0 Å². The topological polar surface area (TPSA) is 26.3 Å². The summed E-state index contributed by atoms with van der Waals surface area (Å²) >= 11 is 0. The normalized spacial score (nSPS) is 28.6. The molecule has 0 aromatic carbocycles.